The number of rotatable bonds is 2. The van der Waals surface area contributed by atoms with E-state index in [1.807, 2.05) is 13.1 Å². The number of H-pyrrole nitrogens is 1. The van der Waals surface area contributed by atoms with Crippen molar-refractivity contribution >= 4 is 16.7 Å². The molecule has 0 saturated carbocycles. The zero-order valence-corrected chi connectivity index (χ0v) is 14.6. The van der Waals surface area contributed by atoms with Crippen LogP contribution in [-0.2, 0) is 13.0 Å². The van der Waals surface area contributed by atoms with E-state index in [0.29, 0.717) is 0 Å². The van der Waals surface area contributed by atoms with Gasteiger partial charge in [-0.3, -0.25) is 5.10 Å². The maximum Gasteiger partial charge on any atom is 0.140 e. The molecule has 0 saturated heterocycles. The molecule has 0 fully saturated rings. The number of aromatic nitrogens is 4. The number of fused-ring (bicyclic) bond motifs is 2. The van der Waals surface area contributed by atoms with Gasteiger partial charge in [-0.2, -0.15) is 5.10 Å². The first-order valence-corrected chi connectivity index (χ1v) is 8.87. The van der Waals surface area contributed by atoms with E-state index in [1.165, 1.54) is 11.1 Å². The summed E-state index contributed by atoms with van der Waals surface area (Å²) in [6, 6.07) is 15.0. The van der Waals surface area contributed by atoms with Crippen molar-refractivity contribution in [2.45, 2.75) is 19.9 Å². The predicted molar refractivity (Wildman–Crippen MR) is 103 cm³/mol. The van der Waals surface area contributed by atoms with Gasteiger partial charge in [0.05, 0.1) is 11.2 Å². The van der Waals surface area contributed by atoms with Gasteiger partial charge >= 0.3 is 0 Å². The fraction of sp³-hybridized carbons (Fsp3) is 0.190. The fourth-order valence-corrected chi connectivity index (χ4v) is 3.79. The van der Waals surface area contributed by atoms with Crippen LogP contribution in [0.3, 0.4) is 0 Å². The number of hydrogen-bond acceptors (Lipinski definition) is 4. The van der Waals surface area contributed by atoms with Crippen LogP contribution in [0.1, 0.15) is 16.8 Å². The third-order valence-electron chi connectivity index (χ3n) is 5.19. The first-order valence-electron chi connectivity index (χ1n) is 8.87. The number of hydrogen-bond donors (Lipinski definition) is 1. The van der Waals surface area contributed by atoms with E-state index < -0.39 is 0 Å². The minimum absolute atomic E-state index is 0.886. The number of aryl methyl sites for hydroxylation is 1. The van der Waals surface area contributed by atoms with Crippen LogP contribution in [0.4, 0.5) is 5.82 Å². The molecule has 26 heavy (non-hydrogen) atoms. The van der Waals surface area contributed by atoms with Crippen molar-refractivity contribution in [2.75, 3.05) is 11.4 Å². The molecule has 128 valence electrons. The summed E-state index contributed by atoms with van der Waals surface area (Å²) in [5.74, 6) is 1.01. The molecule has 3 heterocycles. The number of anilines is 1. The van der Waals surface area contributed by atoms with Gasteiger partial charge in [0.2, 0.25) is 0 Å². The van der Waals surface area contributed by atoms with Gasteiger partial charge in [0.15, 0.2) is 0 Å². The number of nitrogens with one attached hydrogen (secondary N) is 1. The molecule has 5 rings (SSSR count). The molecule has 0 bridgehead atoms. The molecule has 1 aliphatic heterocycles. The maximum atomic E-state index is 4.64. The second-order valence-electron chi connectivity index (χ2n) is 6.75. The molecular weight excluding hydrogens is 322 g/mol. The molecular formula is C21H19N5. The summed E-state index contributed by atoms with van der Waals surface area (Å²) in [4.78, 5) is 11.5. The van der Waals surface area contributed by atoms with E-state index in [2.05, 4.69) is 67.5 Å². The average Bonchev–Trinajstić information content (AvgIpc) is 3.12. The lowest BCUT2D eigenvalue weighted by Gasteiger charge is -2.30. The molecule has 1 N–H and O–H groups in total. The van der Waals surface area contributed by atoms with Crippen molar-refractivity contribution in [1.29, 1.82) is 0 Å². The van der Waals surface area contributed by atoms with Crippen LogP contribution in [0, 0.1) is 6.92 Å². The first-order chi connectivity index (χ1) is 12.8. The first kappa shape index (κ1) is 15.1. The highest BCUT2D eigenvalue weighted by atomic mass is 15.2. The second-order valence-corrected chi connectivity index (χ2v) is 6.75. The third-order valence-corrected chi connectivity index (χ3v) is 5.19. The van der Waals surface area contributed by atoms with E-state index >= 15 is 0 Å². The van der Waals surface area contributed by atoms with Gasteiger partial charge < -0.3 is 4.90 Å². The quantitative estimate of drug-likeness (QED) is 0.601. The maximum absolute atomic E-state index is 4.64. The van der Waals surface area contributed by atoms with Gasteiger partial charge in [0.1, 0.15) is 12.1 Å². The minimum Gasteiger partial charge on any atom is -0.351 e. The van der Waals surface area contributed by atoms with Crippen LogP contribution in [0.25, 0.3) is 22.0 Å². The van der Waals surface area contributed by atoms with Crippen LogP contribution in [-0.4, -0.2) is 26.7 Å². The monoisotopic (exact) mass is 341 g/mol. The lowest BCUT2D eigenvalue weighted by molar-refractivity contribution is 0.723. The van der Waals surface area contributed by atoms with Crippen LogP contribution in [0.15, 0.2) is 55.0 Å². The summed E-state index contributed by atoms with van der Waals surface area (Å²) in [7, 11) is 0. The zero-order chi connectivity index (χ0) is 17.5. The summed E-state index contributed by atoms with van der Waals surface area (Å²) in [5, 5.41) is 8.27. The van der Waals surface area contributed by atoms with Gasteiger partial charge in [-0.15, -0.1) is 0 Å². The largest absolute Gasteiger partial charge is 0.351 e. The Bertz CT molecular complexity index is 1100. The lowest BCUT2D eigenvalue weighted by Crippen LogP contribution is -2.31. The Morgan fingerprint density at radius 3 is 2.77 bits per heavy atom. The van der Waals surface area contributed by atoms with E-state index in [1.54, 1.807) is 6.33 Å². The van der Waals surface area contributed by atoms with Crippen LogP contribution in [0.2, 0.25) is 0 Å². The molecule has 2 aromatic heterocycles. The van der Waals surface area contributed by atoms with Crippen molar-refractivity contribution in [1.82, 2.24) is 20.2 Å². The summed E-state index contributed by atoms with van der Waals surface area (Å²) in [6.07, 6.45) is 4.65. The summed E-state index contributed by atoms with van der Waals surface area (Å²) < 4.78 is 0. The highest BCUT2D eigenvalue weighted by Crippen LogP contribution is 2.31. The van der Waals surface area contributed by atoms with Crippen molar-refractivity contribution in [3.8, 4) is 11.1 Å². The van der Waals surface area contributed by atoms with Gasteiger partial charge in [-0.25, -0.2) is 9.97 Å². The topological polar surface area (TPSA) is 57.7 Å². The summed E-state index contributed by atoms with van der Waals surface area (Å²) in [6.45, 7) is 3.87. The molecule has 0 amide bonds. The molecule has 2 aromatic carbocycles. The highest BCUT2D eigenvalue weighted by molar-refractivity contribution is 5.93. The Morgan fingerprint density at radius 1 is 1.04 bits per heavy atom. The molecule has 0 spiro atoms. The Morgan fingerprint density at radius 2 is 1.92 bits per heavy atom. The third kappa shape index (κ3) is 2.44. The number of aromatic amines is 1. The van der Waals surface area contributed by atoms with Gasteiger partial charge in [-0.1, -0.05) is 30.3 Å². The molecule has 1 aliphatic rings. The molecule has 0 unspecified atom stereocenters. The van der Waals surface area contributed by atoms with Gasteiger partial charge in [0.25, 0.3) is 0 Å². The van der Waals surface area contributed by atoms with Crippen LogP contribution in [0.5, 0.6) is 0 Å². The standard InChI is InChI=1S/C21H19N5/c1-14-19(11-24-25-14)16-6-7-20-18(10-16)21(23-13-22-20)26-9-8-15-4-2-3-5-17(15)12-26/h2-7,10-11,13H,8-9,12H2,1H3,(H,24,25). The Kier molecular flexibility index (Phi) is 3.45. The molecule has 0 aliphatic carbocycles. The molecule has 5 nitrogen and oxygen atoms in total. The Labute approximate surface area is 151 Å². The minimum atomic E-state index is 0.886. The Hall–Kier alpha value is -3.21. The number of nitrogens with zero attached hydrogens (tertiary/aromatic N) is 4. The van der Waals surface area contributed by atoms with E-state index in [-0.39, 0.29) is 0 Å². The van der Waals surface area contributed by atoms with Gasteiger partial charge in [-0.05, 0) is 42.2 Å². The molecule has 5 heteroatoms. The van der Waals surface area contributed by atoms with Crippen LogP contribution >= 0.6 is 0 Å². The van der Waals surface area contributed by atoms with E-state index in [9.17, 15) is 0 Å². The smallest absolute Gasteiger partial charge is 0.140 e. The second kappa shape index (κ2) is 5.95. The molecule has 0 radical (unpaired) electrons. The van der Waals surface area contributed by atoms with Gasteiger partial charge in [0, 0.05) is 30.2 Å². The van der Waals surface area contributed by atoms with Crippen molar-refractivity contribution in [2.24, 2.45) is 0 Å². The summed E-state index contributed by atoms with van der Waals surface area (Å²) in [5.41, 5.74) is 7.04. The highest BCUT2D eigenvalue weighted by Gasteiger charge is 2.19. The number of benzene rings is 2. The SMILES string of the molecule is Cc1n[nH]cc1-c1ccc2ncnc(N3CCc4ccccc4C3)c2c1. The lowest BCUT2D eigenvalue weighted by atomic mass is 9.99. The van der Waals surface area contributed by atoms with E-state index in [4.69, 9.17) is 0 Å². The van der Waals surface area contributed by atoms with Crippen molar-refractivity contribution in [3.05, 3.63) is 71.8 Å². The summed E-state index contributed by atoms with van der Waals surface area (Å²) >= 11 is 0. The molecule has 4 aromatic rings. The normalized spacial score (nSPS) is 13.8. The average molecular weight is 341 g/mol. The van der Waals surface area contributed by atoms with E-state index in [0.717, 1.165) is 53.1 Å². The predicted octanol–water partition coefficient (Wildman–Crippen LogP) is 3.89. The van der Waals surface area contributed by atoms with Crippen LogP contribution < -0.4 is 4.90 Å². The van der Waals surface area contributed by atoms with Crippen molar-refractivity contribution < 1.29 is 0 Å². The Balaban J connectivity index is 1.61. The zero-order valence-electron chi connectivity index (χ0n) is 14.6. The molecule has 0 atom stereocenters. The fourth-order valence-electron chi connectivity index (χ4n) is 3.79. The van der Waals surface area contributed by atoms with Crippen molar-refractivity contribution in [3.63, 3.8) is 0 Å².